The summed E-state index contributed by atoms with van der Waals surface area (Å²) >= 11 is 8.75. The van der Waals surface area contributed by atoms with Gasteiger partial charge in [0.05, 0.1) is 21.0 Å². The topological polar surface area (TPSA) is 96.9 Å². The van der Waals surface area contributed by atoms with E-state index in [-0.39, 0.29) is 23.7 Å². The Morgan fingerprint density at radius 3 is 2.77 bits per heavy atom. The zero-order valence-corrected chi connectivity index (χ0v) is 18.7. The number of benzene rings is 2. The molecule has 4 rings (SSSR count). The lowest BCUT2D eigenvalue weighted by atomic mass is 10.2. The molecular formula is C21H16ClN5O2S2. The smallest absolute Gasteiger partial charge is 0.191 e. The van der Waals surface area contributed by atoms with Crippen molar-refractivity contribution in [3.63, 3.8) is 0 Å². The molecule has 2 heterocycles. The number of ether oxygens (including phenoxy) is 1. The van der Waals surface area contributed by atoms with Gasteiger partial charge in [-0.2, -0.15) is 5.26 Å². The number of thioether (sulfide) groups is 1. The molecule has 2 aromatic heterocycles. The Morgan fingerprint density at radius 1 is 1.23 bits per heavy atom. The summed E-state index contributed by atoms with van der Waals surface area (Å²) in [5, 5.41) is 30.0. The van der Waals surface area contributed by atoms with Crippen LogP contribution in [-0.2, 0) is 13.7 Å². The first kappa shape index (κ1) is 21.2. The van der Waals surface area contributed by atoms with Crippen LogP contribution < -0.4 is 4.74 Å². The summed E-state index contributed by atoms with van der Waals surface area (Å²) in [6, 6.07) is 16.9. The van der Waals surface area contributed by atoms with Crippen molar-refractivity contribution in [1.29, 1.82) is 5.26 Å². The Kier molecular flexibility index (Phi) is 6.42. The van der Waals surface area contributed by atoms with Gasteiger partial charge in [0.15, 0.2) is 11.0 Å². The number of aliphatic hydroxyl groups is 1. The molecule has 0 saturated carbocycles. The molecule has 0 atom stereocenters. The van der Waals surface area contributed by atoms with Gasteiger partial charge in [0, 0.05) is 7.05 Å². The second-order valence-electron chi connectivity index (χ2n) is 6.39. The normalized spacial score (nSPS) is 11.9. The summed E-state index contributed by atoms with van der Waals surface area (Å²) in [7, 11) is 1.81. The Hall–Kier alpha value is -3.06. The summed E-state index contributed by atoms with van der Waals surface area (Å²) < 4.78 is 8.45. The lowest BCUT2D eigenvalue weighted by molar-refractivity contribution is 0.290. The SMILES string of the molecule is Cn1c(COc2ccccc2Cl)nnc1SC/C(O)=C(\C#N)c1nc2ccccc2s1. The molecule has 2 aromatic carbocycles. The van der Waals surface area contributed by atoms with Crippen molar-refractivity contribution >= 4 is 50.5 Å². The number of hydrogen-bond donors (Lipinski definition) is 1. The summed E-state index contributed by atoms with van der Waals surface area (Å²) in [5.74, 6) is 1.29. The number of fused-ring (bicyclic) bond motifs is 1. The van der Waals surface area contributed by atoms with Crippen molar-refractivity contribution in [2.75, 3.05) is 5.75 Å². The third kappa shape index (κ3) is 4.66. The van der Waals surface area contributed by atoms with Gasteiger partial charge in [-0.25, -0.2) is 4.98 Å². The number of rotatable bonds is 7. The number of hydrogen-bond acceptors (Lipinski definition) is 8. The van der Waals surface area contributed by atoms with Crippen LogP contribution in [0.2, 0.25) is 5.02 Å². The highest BCUT2D eigenvalue weighted by Gasteiger charge is 2.16. The summed E-state index contributed by atoms with van der Waals surface area (Å²) in [6.45, 7) is 0.199. The van der Waals surface area contributed by atoms with E-state index in [9.17, 15) is 10.4 Å². The maximum Gasteiger partial charge on any atom is 0.191 e. The molecular weight excluding hydrogens is 454 g/mol. The highest BCUT2D eigenvalue weighted by molar-refractivity contribution is 7.99. The quantitative estimate of drug-likeness (QED) is 0.224. The lowest BCUT2D eigenvalue weighted by Gasteiger charge is -2.08. The van der Waals surface area contributed by atoms with Gasteiger partial charge < -0.3 is 14.4 Å². The number of allylic oxidation sites excluding steroid dienone is 1. The zero-order chi connectivity index (χ0) is 21.8. The van der Waals surface area contributed by atoms with E-state index in [0.29, 0.717) is 26.8 Å². The van der Waals surface area contributed by atoms with Crippen LogP contribution in [0.5, 0.6) is 5.75 Å². The van der Waals surface area contributed by atoms with Gasteiger partial charge >= 0.3 is 0 Å². The van der Waals surface area contributed by atoms with E-state index in [1.807, 2.05) is 43.4 Å². The van der Waals surface area contributed by atoms with Gasteiger partial charge in [-0.1, -0.05) is 47.6 Å². The van der Waals surface area contributed by atoms with Crippen LogP contribution in [0.1, 0.15) is 10.8 Å². The Labute approximate surface area is 191 Å². The fourth-order valence-corrected chi connectivity index (χ4v) is 4.70. The van der Waals surface area contributed by atoms with Crippen molar-refractivity contribution in [2.45, 2.75) is 11.8 Å². The minimum Gasteiger partial charge on any atom is -0.510 e. The van der Waals surface area contributed by atoms with E-state index in [1.165, 1.54) is 23.1 Å². The first-order valence-electron chi connectivity index (χ1n) is 9.13. The van der Waals surface area contributed by atoms with Crippen LogP contribution in [0.3, 0.4) is 0 Å². The van der Waals surface area contributed by atoms with E-state index in [4.69, 9.17) is 16.3 Å². The van der Waals surface area contributed by atoms with Crippen LogP contribution in [-0.4, -0.2) is 30.6 Å². The van der Waals surface area contributed by atoms with Crippen molar-refractivity contribution in [1.82, 2.24) is 19.7 Å². The Balaban J connectivity index is 1.45. The Morgan fingerprint density at radius 2 is 2.00 bits per heavy atom. The summed E-state index contributed by atoms with van der Waals surface area (Å²) in [4.78, 5) is 4.45. The minimum atomic E-state index is -0.0524. The highest BCUT2D eigenvalue weighted by Crippen LogP contribution is 2.30. The molecule has 7 nitrogen and oxygen atoms in total. The molecule has 0 amide bonds. The lowest BCUT2D eigenvalue weighted by Crippen LogP contribution is -2.04. The molecule has 31 heavy (non-hydrogen) atoms. The average Bonchev–Trinajstić information content (AvgIpc) is 3.35. The predicted octanol–water partition coefficient (Wildman–Crippen LogP) is 5.24. The molecule has 0 aliphatic carbocycles. The van der Waals surface area contributed by atoms with Crippen molar-refractivity contribution in [3.8, 4) is 11.8 Å². The molecule has 0 aliphatic heterocycles. The number of para-hydroxylation sites is 2. The fraction of sp³-hybridized carbons (Fsp3) is 0.143. The molecule has 0 saturated heterocycles. The molecule has 10 heteroatoms. The van der Waals surface area contributed by atoms with E-state index >= 15 is 0 Å². The fourth-order valence-electron chi connectivity index (χ4n) is 2.72. The Bertz CT molecular complexity index is 1280. The van der Waals surface area contributed by atoms with Gasteiger partial charge in [0.2, 0.25) is 0 Å². The van der Waals surface area contributed by atoms with E-state index < -0.39 is 0 Å². The van der Waals surface area contributed by atoms with Gasteiger partial charge in [0.1, 0.15) is 34.8 Å². The van der Waals surface area contributed by atoms with Crippen LogP contribution in [0, 0.1) is 11.3 Å². The van der Waals surface area contributed by atoms with Crippen molar-refractivity contribution in [3.05, 3.63) is 70.1 Å². The van der Waals surface area contributed by atoms with Gasteiger partial charge in [-0.3, -0.25) is 0 Å². The van der Waals surface area contributed by atoms with Crippen molar-refractivity contribution < 1.29 is 9.84 Å². The monoisotopic (exact) mass is 469 g/mol. The molecule has 0 bridgehead atoms. The first-order valence-corrected chi connectivity index (χ1v) is 11.3. The maximum absolute atomic E-state index is 10.5. The molecule has 4 aromatic rings. The van der Waals surface area contributed by atoms with Gasteiger partial charge in [-0.15, -0.1) is 21.5 Å². The second-order valence-corrected chi connectivity index (χ2v) is 8.77. The number of aromatic nitrogens is 4. The molecule has 0 aliphatic rings. The van der Waals surface area contributed by atoms with E-state index in [1.54, 1.807) is 16.7 Å². The number of aliphatic hydroxyl groups excluding tert-OH is 1. The van der Waals surface area contributed by atoms with E-state index in [2.05, 4.69) is 21.3 Å². The van der Waals surface area contributed by atoms with Crippen LogP contribution in [0.25, 0.3) is 15.8 Å². The average molecular weight is 470 g/mol. The maximum atomic E-state index is 10.5. The number of nitriles is 1. The molecule has 156 valence electrons. The minimum absolute atomic E-state index is 0.0524. The third-order valence-corrected chi connectivity index (χ3v) is 6.76. The molecule has 0 unspecified atom stereocenters. The van der Waals surface area contributed by atoms with Gasteiger partial charge in [-0.05, 0) is 24.3 Å². The van der Waals surface area contributed by atoms with Crippen LogP contribution in [0.4, 0.5) is 0 Å². The summed E-state index contributed by atoms with van der Waals surface area (Å²) in [6.07, 6.45) is 0. The third-order valence-electron chi connectivity index (χ3n) is 4.36. The van der Waals surface area contributed by atoms with Crippen molar-refractivity contribution in [2.24, 2.45) is 7.05 Å². The second kappa shape index (κ2) is 9.39. The largest absolute Gasteiger partial charge is 0.510 e. The van der Waals surface area contributed by atoms with Crippen LogP contribution >= 0.6 is 34.7 Å². The molecule has 1 N–H and O–H groups in total. The highest BCUT2D eigenvalue weighted by atomic mass is 35.5. The van der Waals surface area contributed by atoms with Crippen LogP contribution in [0.15, 0.2) is 59.4 Å². The standard InChI is InChI=1S/C21H16ClN5O2S2/c1-27-19(11-29-17-8-4-2-6-14(17)22)25-26-21(27)30-12-16(28)13(10-23)20-24-15-7-3-5-9-18(15)31-20/h2-9,28H,11-12H2,1H3/b16-13-. The number of nitrogens with zero attached hydrogens (tertiary/aromatic N) is 5. The molecule has 0 fully saturated rings. The number of halogens is 1. The van der Waals surface area contributed by atoms with Gasteiger partial charge in [0.25, 0.3) is 0 Å². The molecule has 0 spiro atoms. The molecule has 0 radical (unpaired) electrons. The number of thiazole rings is 1. The predicted molar refractivity (Wildman–Crippen MR) is 122 cm³/mol. The first-order chi connectivity index (χ1) is 15.1. The zero-order valence-electron chi connectivity index (χ0n) is 16.3. The van der Waals surface area contributed by atoms with E-state index in [0.717, 1.165) is 10.2 Å². The summed E-state index contributed by atoms with van der Waals surface area (Å²) in [5.41, 5.74) is 0.963.